The van der Waals surface area contributed by atoms with E-state index in [1.165, 1.54) is 18.2 Å². The normalized spacial score (nSPS) is 16.7. The maximum Gasteiger partial charge on any atom is 0.387 e. The van der Waals surface area contributed by atoms with Crippen molar-refractivity contribution in [3.8, 4) is 5.75 Å². The van der Waals surface area contributed by atoms with Crippen molar-refractivity contribution in [2.75, 3.05) is 26.2 Å². The highest BCUT2D eigenvalue weighted by Crippen LogP contribution is 2.20. The molecule has 1 amide bonds. The van der Waals surface area contributed by atoms with Crippen LogP contribution >= 0.6 is 0 Å². The van der Waals surface area contributed by atoms with Gasteiger partial charge in [0.05, 0.1) is 11.7 Å². The van der Waals surface area contributed by atoms with Gasteiger partial charge in [-0.2, -0.15) is 8.78 Å². The summed E-state index contributed by atoms with van der Waals surface area (Å²) >= 11 is 0. The van der Waals surface area contributed by atoms with E-state index in [1.54, 1.807) is 6.07 Å². The summed E-state index contributed by atoms with van der Waals surface area (Å²) in [6.45, 7) is -0.299. The SMILES string of the molecule is O=C(NCCN1CCC(O)CC1)c1ccccc1OC(F)F. The summed E-state index contributed by atoms with van der Waals surface area (Å²) in [6, 6.07) is 5.92. The van der Waals surface area contributed by atoms with Crippen molar-refractivity contribution in [1.29, 1.82) is 0 Å². The molecule has 1 fully saturated rings. The average Bonchev–Trinajstić information content (AvgIpc) is 2.49. The first-order valence-corrected chi connectivity index (χ1v) is 7.28. The van der Waals surface area contributed by atoms with Crippen LogP contribution in [0.3, 0.4) is 0 Å². The number of ether oxygens (including phenoxy) is 1. The number of benzene rings is 1. The van der Waals surface area contributed by atoms with Crippen molar-refractivity contribution in [2.24, 2.45) is 0 Å². The highest BCUT2D eigenvalue weighted by molar-refractivity contribution is 5.96. The third-order valence-electron chi connectivity index (χ3n) is 3.62. The second-order valence-electron chi connectivity index (χ2n) is 5.20. The highest BCUT2D eigenvalue weighted by atomic mass is 19.3. The van der Waals surface area contributed by atoms with Gasteiger partial charge in [-0.05, 0) is 25.0 Å². The number of aliphatic hydroxyl groups excluding tert-OH is 1. The van der Waals surface area contributed by atoms with Gasteiger partial charge in [-0.25, -0.2) is 0 Å². The number of aliphatic hydroxyl groups is 1. The predicted octanol–water partition coefficient (Wildman–Crippen LogP) is 1.47. The molecular weight excluding hydrogens is 294 g/mol. The lowest BCUT2D eigenvalue weighted by molar-refractivity contribution is -0.0501. The minimum Gasteiger partial charge on any atom is -0.434 e. The second-order valence-corrected chi connectivity index (χ2v) is 5.20. The van der Waals surface area contributed by atoms with Gasteiger partial charge in [0.15, 0.2) is 0 Å². The summed E-state index contributed by atoms with van der Waals surface area (Å²) in [5.74, 6) is -0.565. The van der Waals surface area contributed by atoms with Gasteiger partial charge in [0.1, 0.15) is 5.75 Å². The number of nitrogens with zero attached hydrogens (tertiary/aromatic N) is 1. The first-order chi connectivity index (χ1) is 10.6. The number of halogens is 2. The average molecular weight is 314 g/mol. The molecule has 2 N–H and O–H groups in total. The Bertz CT molecular complexity index is 491. The Morgan fingerprint density at radius 1 is 1.36 bits per heavy atom. The van der Waals surface area contributed by atoms with Crippen LogP contribution < -0.4 is 10.1 Å². The quantitative estimate of drug-likeness (QED) is 0.835. The third kappa shape index (κ3) is 4.92. The van der Waals surface area contributed by atoms with E-state index in [4.69, 9.17) is 0 Å². The summed E-state index contributed by atoms with van der Waals surface area (Å²) in [5, 5.41) is 12.1. The zero-order chi connectivity index (χ0) is 15.9. The Hall–Kier alpha value is -1.73. The van der Waals surface area contributed by atoms with E-state index in [0.29, 0.717) is 13.1 Å². The fourth-order valence-corrected chi connectivity index (χ4v) is 2.42. The van der Waals surface area contributed by atoms with Crippen molar-refractivity contribution in [3.05, 3.63) is 29.8 Å². The minimum atomic E-state index is -2.96. The number of rotatable bonds is 6. The first-order valence-electron chi connectivity index (χ1n) is 7.28. The first kappa shape index (κ1) is 16.6. The number of piperidine rings is 1. The van der Waals surface area contributed by atoms with Crippen LogP contribution in [-0.2, 0) is 0 Å². The molecule has 0 unspecified atom stereocenters. The molecule has 0 bridgehead atoms. The molecule has 1 aliphatic heterocycles. The van der Waals surface area contributed by atoms with E-state index in [1.807, 2.05) is 0 Å². The van der Waals surface area contributed by atoms with Gasteiger partial charge in [0.2, 0.25) is 0 Å². The molecular formula is C15H20F2N2O3. The summed E-state index contributed by atoms with van der Waals surface area (Å²) in [7, 11) is 0. The van der Waals surface area contributed by atoms with E-state index >= 15 is 0 Å². The van der Waals surface area contributed by atoms with Crippen LogP contribution in [0.1, 0.15) is 23.2 Å². The molecule has 0 saturated carbocycles. The van der Waals surface area contributed by atoms with Gasteiger partial charge in [-0.1, -0.05) is 12.1 Å². The van der Waals surface area contributed by atoms with E-state index in [-0.39, 0.29) is 17.4 Å². The Morgan fingerprint density at radius 3 is 2.73 bits per heavy atom. The summed E-state index contributed by atoms with van der Waals surface area (Å²) in [6.07, 6.45) is 1.24. The Kier molecular flexibility index (Phi) is 6.09. The van der Waals surface area contributed by atoms with Gasteiger partial charge >= 0.3 is 6.61 Å². The summed E-state index contributed by atoms with van der Waals surface area (Å²) in [4.78, 5) is 14.2. The van der Waals surface area contributed by atoms with Crippen molar-refractivity contribution >= 4 is 5.91 Å². The third-order valence-corrected chi connectivity index (χ3v) is 3.62. The molecule has 0 aliphatic carbocycles. The van der Waals surface area contributed by atoms with Crippen LogP contribution in [0.4, 0.5) is 8.78 Å². The number of alkyl halides is 2. The molecule has 1 aromatic carbocycles. The molecule has 0 radical (unpaired) electrons. The molecule has 0 atom stereocenters. The lowest BCUT2D eigenvalue weighted by Crippen LogP contribution is -2.40. The Labute approximate surface area is 127 Å². The summed E-state index contributed by atoms with van der Waals surface area (Å²) < 4.78 is 29.0. The van der Waals surface area contributed by atoms with Crippen LogP contribution in [0.25, 0.3) is 0 Å². The van der Waals surface area contributed by atoms with Crippen LogP contribution in [0.2, 0.25) is 0 Å². The predicted molar refractivity (Wildman–Crippen MR) is 77.1 cm³/mol. The van der Waals surface area contributed by atoms with Crippen molar-refractivity contribution < 1.29 is 23.4 Å². The molecule has 1 heterocycles. The standard InChI is InChI=1S/C15H20F2N2O3/c16-15(17)22-13-4-2-1-3-12(13)14(21)18-7-10-19-8-5-11(20)6-9-19/h1-4,11,15,20H,5-10H2,(H,18,21). The van der Waals surface area contributed by atoms with Gasteiger partial charge in [-0.3, -0.25) is 4.79 Å². The maximum absolute atomic E-state index is 12.3. The van der Waals surface area contributed by atoms with Gasteiger partial charge in [-0.15, -0.1) is 0 Å². The van der Waals surface area contributed by atoms with Gasteiger partial charge in [0, 0.05) is 26.2 Å². The molecule has 22 heavy (non-hydrogen) atoms. The molecule has 122 valence electrons. The van der Waals surface area contributed by atoms with Gasteiger partial charge in [0.25, 0.3) is 5.91 Å². The topological polar surface area (TPSA) is 61.8 Å². The highest BCUT2D eigenvalue weighted by Gasteiger charge is 2.18. The van der Waals surface area contributed by atoms with Crippen molar-refractivity contribution in [1.82, 2.24) is 10.2 Å². The molecule has 5 nitrogen and oxygen atoms in total. The van der Waals surface area contributed by atoms with Gasteiger partial charge < -0.3 is 20.1 Å². The maximum atomic E-state index is 12.3. The molecule has 1 aromatic rings. The van der Waals surface area contributed by atoms with E-state index < -0.39 is 12.5 Å². The van der Waals surface area contributed by atoms with Crippen LogP contribution in [0.5, 0.6) is 5.75 Å². The zero-order valence-electron chi connectivity index (χ0n) is 12.2. The van der Waals surface area contributed by atoms with E-state index in [0.717, 1.165) is 25.9 Å². The molecule has 7 heteroatoms. The number of carbonyl (C=O) groups excluding carboxylic acids is 1. The molecule has 0 spiro atoms. The monoisotopic (exact) mass is 314 g/mol. The minimum absolute atomic E-state index is 0.0943. The molecule has 2 rings (SSSR count). The largest absolute Gasteiger partial charge is 0.434 e. The van der Waals surface area contributed by atoms with E-state index in [2.05, 4.69) is 15.0 Å². The number of nitrogens with one attached hydrogen (secondary N) is 1. The number of likely N-dealkylation sites (tertiary alicyclic amines) is 1. The lowest BCUT2D eigenvalue weighted by Gasteiger charge is -2.29. The fraction of sp³-hybridized carbons (Fsp3) is 0.533. The molecule has 1 aliphatic rings. The fourth-order valence-electron chi connectivity index (χ4n) is 2.42. The van der Waals surface area contributed by atoms with Crippen molar-refractivity contribution in [2.45, 2.75) is 25.6 Å². The smallest absolute Gasteiger partial charge is 0.387 e. The van der Waals surface area contributed by atoms with Crippen LogP contribution in [-0.4, -0.2) is 54.8 Å². The van der Waals surface area contributed by atoms with Crippen molar-refractivity contribution in [3.63, 3.8) is 0 Å². The lowest BCUT2D eigenvalue weighted by atomic mass is 10.1. The second kappa shape index (κ2) is 8.05. The number of hydrogen-bond acceptors (Lipinski definition) is 4. The molecule has 0 aromatic heterocycles. The number of amides is 1. The summed E-state index contributed by atoms with van der Waals surface area (Å²) in [5.41, 5.74) is 0.0943. The Morgan fingerprint density at radius 2 is 2.05 bits per heavy atom. The number of para-hydroxylation sites is 1. The zero-order valence-corrected chi connectivity index (χ0v) is 12.2. The Balaban J connectivity index is 1.82. The number of carbonyl (C=O) groups is 1. The molecule has 1 saturated heterocycles. The van der Waals surface area contributed by atoms with E-state index in [9.17, 15) is 18.7 Å². The van der Waals surface area contributed by atoms with Crippen LogP contribution in [0, 0.1) is 0 Å². The van der Waals surface area contributed by atoms with Crippen LogP contribution in [0.15, 0.2) is 24.3 Å². The number of hydrogen-bond donors (Lipinski definition) is 2.